The lowest BCUT2D eigenvalue weighted by atomic mass is 9.88. The number of nitrogens with one attached hydrogen (secondary N) is 1. The lowest BCUT2D eigenvalue weighted by Gasteiger charge is -2.29. The van der Waals surface area contributed by atoms with Crippen LogP contribution in [0.1, 0.15) is 61.6 Å². The summed E-state index contributed by atoms with van der Waals surface area (Å²) in [6.07, 6.45) is 3.21. The number of fused-ring (bicyclic) bond motifs is 1. The van der Waals surface area contributed by atoms with Crippen LogP contribution < -0.4 is 5.32 Å². The van der Waals surface area contributed by atoms with Gasteiger partial charge in [0.25, 0.3) is 5.91 Å². The molecule has 1 N–H and O–H groups in total. The van der Waals surface area contributed by atoms with Crippen molar-refractivity contribution in [2.24, 2.45) is 5.41 Å². The summed E-state index contributed by atoms with van der Waals surface area (Å²) in [6, 6.07) is 4.79. The number of carbonyl (C=O) groups excluding carboxylic acids is 4. The molecule has 0 bridgehead atoms. The van der Waals surface area contributed by atoms with Gasteiger partial charge in [-0.25, -0.2) is 4.68 Å². The third-order valence-corrected chi connectivity index (χ3v) is 5.76. The SMILES string of the molecule is CC(C)(C)C(=O)CCc1cn(-c2ccc3c(c2)C(=O)N(C2CCC(=O)NC2=O)C3)nn1. The van der Waals surface area contributed by atoms with Crippen molar-refractivity contribution in [3.05, 3.63) is 41.2 Å². The Morgan fingerprint density at radius 2 is 2.00 bits per heavy atom. The normalized spacial score (nSPS) is 18.9. The quantitative estimate of drug-likeness (QED) is 0.731. The minimum atomic E-state index is -0.639. The molecule has 2 aliphatic heterocycles. The van der Waals surface area contributed by atoms with Crippen molar-refractivity contribution >= 4 is 23.5 Å². The van der Waals surface area contributed by atoms with E-state index in [0.29, 0.717) is 42.8 Å². The minimum Gasteiger partial charge on any atom is -0.322 e. The molecule has 9 nitrogen and oxygen atoms in total. The number of ketones is 1. The highest BCUT2D eigenvalue weighted by atomic mass is 16.2. The van der Waals surface area contributed by atoms with E-state index in [9.17, 15) is 19.2 Å². The summed E-state index contributed by atoms with van der Waals surface area (Å²) >= 11 is 0. The Morgan fingerprint density at radius 1 is 1.23 bits per heavy atom. The van der Waals surface area contributed by atoms with Crippen LogP contribution in [0.5, 0.6) is 0 Å². The molecule has 31 heavy (non-hydrogen) atoms. The van der Waals surface area contributed by atoms with Gasteiger partial charge >= 0.3 is 0 Å². The zero-order valence-corrected chi connectivity index (χ0v) is 17.8. The van der Waals surface area contributed by atoms with Crippen LogP contribution in [0.3, 0.4) is 0 Å². The zero-order valence-electron chi connectivity index (χ0n) is 17.8. The number of Topliss-reactive ketones (excluding diaryl/α,β-unsaturated/α-hetero) is 1. The van der Waals surface area contributed by atoms with Crippen molar-refractivity contribution in [3.63, 3.8) is 0 Å². The fourth-order valence-electron chi connectivity index (χ4n) is 3.84. The van der Waals surface area contributed by atoms with Gasteiger partial charge in [-0.2, -0.15) is 0 Å². The second kappa shape index (κ2) is 7.72. The van der Waals surface area contributed by atoms with E-state index < -0.39 is 11.9 Å². The summed E-state index contributed by atoms with van der Waals surface area (Å²) in [4.78, 5) is 50.2. The Morgan fingerprint density at radius 3 is 2.71 bits per heavy atom. The Hall–Kier alpha value is -3.36. The van der Waals surface area contributed by atoms with Gasteiger partial charge in [-0.3, -0.25) is 24.5 Å². The van der Waals surface area contributed by atoms with E-state index in [0.717, 1.165) is 5.56 Å². The molecule has 0 saturated carbocycles. The third-order valence-electron chi connectivity index (χ3n) is 5.76. The zero-order chi connectivity index (χ0) is 22.3. The highest BCUT2D eigenvalue weighted by molar-refractivity contribution is 6.05. The van der Waals surface area contributed by atoms with Crippen molar-refractivity contribution in [3.8, 4) is 5.69 Å². The van der Waals surface area contributed by atoms with Crippen molar-refractivity contribution in [1.82, 2.24) is 25.2 Å². The summed E-state index contributed by atoms with van der Waals surface area (Å²) in [7, 11) is 0. The highest BCUT2D eigenvalue weighted by Crippen LogP contribution is 2.29. The summed E-state index contributed by atoms with van der Waals surface area (Å²) in [5.41, 5.74) is 2.34. The van der Waals surface area contributed by atoms with Crippen LogP contribution in [0.4, 0.5) is 0 Å². The van der Waals surface area contributed by atoms with Crippen LogP contribution in [0.25, 0.3) is 5.69 Å². The molecule has 0 spiro atoms. The fraction of sp³-hybridized carbons (Fsp3) is 0.455. The van der Waals surface area contributed by atoms with Crippen LogP contribution in [-0.2, 0) is 27.3 Å². The van der Waals surface area contributed by atoms with Gasteiger partial charge in [0.2, 0.25) is 11.8 Å². The first kappa shape index (κ1) is 20.9. The molecular weight excluding hydrogens is 398 g/mol. The lowest BCUT2D eigenvalue weighted by molar-refractivity contribution is -0.137. The molecule has 3 heterocycles. The van der Waals surface area contributed by atoms with Gasteiger partial charge in [-0.05, 0) is 24.1 Å². The molecule has 9 heteroatoms. The molecule has 2 aliphatic rings. The molecule has 0 aliphatic carbocycles. The average molecular weight is 423 g/mol. The summed E-state index contributed by atoms with van der Waals surface area (Å²) in [5.74, 6) is -0.802. The number of carbonyl (C=O) groups is 4. The first-order valence-corrected chi connectivity index (χ1v) is 10.4. The molecule has 1 aromatic heterocycles. The number of aromatic nitrogens is 3. The van der Waals surface area contributed by atoms with E-state index in [-0.39, 0.29) is 29.4 Å². The van der Waals surface area contributed by atoms with E-state index in [2.05, 4.69) is 15.6 Å². The van der Waals surface area contributed by atoms with Gasteiger partial charge in [0.15, 0.2) is 0 Å². The van der Waals surface area contributed by atoms with Gasteiger partial charge < -0.3 is 4.90 Å². The first-order valence-electron chi connectivity index (χ1n) is 10.4. The summed E-state index contributed by atoms with van der Waals surface area (Å²) < 4.78 is 1.58. The van der Waals surface area contributed by atoms with Gasteiger partial charge in [-0.15, -0.1) is 5.10 Å². The minimum absolute atomic E-state index is 0.165. The Kier molecular flexibility index (Phi) is 5.20. The van der Waals surface area contributed by atoms with Gasteiger partial charge in [0.1, 0.15) is 11.8 Å². The fourth-order valence-corrected chi connectivity index (χ4v) is 3.84. The number of hydrogen-bond acceptors (Lipinski definition) is 6. The van der Waals surface area contributed by atoms with Crippen LogP contribution in [0.2, 0.25) is 0 Å². The van der Waals surface area contributed by atoms with Crippen LogP contribution >= 0.6 is 0 Å². The molecule has 3 amide bonds. The Bertz CT molecular complexity index is 1080. The van der Waals surface area contributed by atoms with Crippen LogP contribution in [0.15, 0.2) is 24.4 Å². The molecule has 1 unspecified atom stereocenters. The summed E-state index contributed by atoms with van der Waals surface area (Å²) in [5, 5.41) is 10.6. The van der Waals surface area contributed by atoms with Crippen molar-refractivity contribution in [1.29, 1.82) is 0 Å². The number of benzene rings is 1. The van der Waals surface area contributed by atoms with Crippen molar-refractivity contribution in [2.45, 2.75) is 59.0 Å². The number of amides is 3. The monoisotopic (exact) mass is 423 g/mol. The van der Waals surface area contributed by atoms with E-state index >= 15 is 0 Å². The Balaban J connectivity index is 1.48. The van der Waals surface area contributed by atoms with Crippen molar-refractivity contribution < 1.29 is 19.2 Å². The van der Waals surface area contributed by atoms with E-state index in [4.69, 9.17) is 0 Å². The van der Waals surface area contributed by atoms with Gasteiger partial charge in [0, 0.05) is 36.8 Å². The molecule has 162 valence electrons. The highest BCUT2D eigenvalue weighted by Gasteiger charge is 2.39. The molecule has 1 fully saturated rings. The van der Waals surface area contributed by atoms with Gasteiger partial charge in [0.05, 0.1) is 17.6 Å². The van der Waals surface area contributed by atoms with Crippen molar-refractivity contribution in [2.75, 3.05) is 0 Å². The Labute approximate surface area is 179 Å². The lowest BCUT2D eigenvalue weighted by Crippen LogP contribution is -2.52. The average Bonchev–Trinajstić information content (AvgIpc) is 3.30. The molecule has 4 rings (SSSR count). The molecule has 1 aromatic carbocycles. The van der Waals surface area contributed by atoms with Crippen LogP contribution in [-0.4, -0.2) is 49.4 Å². The van der Waals surface area contributed by atoms with Crippen LogP contribution in [0, 0.1) is 5.41 Å². The van der Waals surface area contributed by atoms with Gasteiger partial charge in [-0.1, -0.05) is 32.1 Å². The first-order chi connectivity index (χ1) is 14.6. The third kappa shape index (κ3) is 4.12. The van der Waals surface area contributed by atoms with E-state index in [1.807, 2.05) is 32.9 Å². The number of piperidine rings is 1. The predicted octanol–water partition coefficient (Wildman–Crippen LogP) is 1.58. The standard InChI is InChI=1S/C22H25N5O4/c1-22(2,3)18(28)8-5-14-12-27(25-24-14)15-6-4-13-11-26(21(31)16(13)10-15)17-7-9-19(29)23-20(17)30/h4,6,10,12,17H,5,7-9,11H2,1-3H3,(H,23,29,30). The number of imide groups is 1. The number of rotatable bonds is 5. The maximum atomic E-state index is 13.0. The molecule has 0 radical (unpaired) electrons. The number of nitrogens with zero attached hydrogens (tertiary/aromatic N) is 4. The molecule has 1 atom stereocenters. The van der Waals surface area contributed by atoms with E-state index in [1.165, 1.54) is 4.90 Å². The molecule has 2 aromatic rings. The molecule has 1 saturated heterocycles. The largest absolute Gasteiger partial charge is 0.322 e. The second-order valence-electron chi connectivity index (χ2n) is 9.07. The maximum Gasteiger partial charge on any atom is 0.255 e. The van der Waals surface area contributed by atoms with E-state index in [1.54, 1.807) is 16.9 Å². The molecular formula is C22H25N5O4. The topological polar surface area (TPSA) is 114 Å². The number of hydrogen-bond donors (Lipinski definition) is 1. The predicted molar refractivity (Wildman–Crippen MR) is 110 cm³/mol. The smallest absolute Gasteiger partial charge is 0.255 e. The summed E-state index contributed by atoms with van der Waals surface area (Å²) in [6.45, 7) is 6.02. The maximum absolute atomic E-state index is 13.0. The second-order valence-corrected chi connectivity index (χ2v) is 9.07. The number of aryl methyl sites for hydroxylation is 1.